The molecule has 0 N–H and O–H groups in total. The van der Waals surface area contributed by atoms with Crippen molar-refractivity contribution in [1.29, 1.82) is 0 Å². The first-order valence-corrected chi connectivity index (χ1v) is 5.59. The van der Waals surface area contributed by atoms with Gasteiger partial charge in [-0.05, 0) is 40.2 Å². The van der Waals surface area contributed by atoms with E-state index in [1.807, 2.05) is 0 Å². The maximum atomic E-state index is 13.7. The Labute approximate surface area is 109 Å². The lowest BCUT2D eigenvalue weighted by Gasteiger charge is -2.05. The smallest absolute Gasteiger partial charge is 0.217 e. The maximum absolute atomic E-state index is 13.7. The molecule has 0 aliphatic heterocycles. The second kappa shape index (κ2) is 4.89. The van der Waals surface area contributed by atoms with Gasteiger partial charge in [-0.3, -0.25) is 4.79 Å². The Morgan fingerprint density at radius 2 is 1.83 bits per heavy atom. The zero-order chi connectivity index (χ0) is 13.3. The van der Waals surface area contributed by atoms with E-state index in [9.17, 15) is 18.0 Å². The molecule has 0 unspecified atom stereocenters. The maximum Gasteiger partial charge on any atom is 0.217 e. The first-order valence-electron chi connectivity index (χ1n) is 4.80. The number of halogens is 4. The predicted molar refractivity (Wildman–Crippen MR) is 61.7 cm³/mol. The standard InChI is InChI=1S/C12H5BrF3NO/c13-7-2-3-8(15)10(11(7)16)12(18)9-4-1-6(14)5-17-9/h1-5H. The van der Waals surface area contributed by atoms with E-state index in [0.29, 0.717) is 0 Å². The van der Waals surface area contributed by atoms with Crippen molar-refractivity contribution in [3.63, 3.8) is 0 Å². The SMILES string of the molecule is O=C(c1ccc(F)cn1)c1c(F)ccc(Br)c1F. The topological polar surface area (TPSA) is 30.0 Å². The van der Waals surface area contributed by atoms with Crippen molar-refractivity contribution in [2.24, 2.45) is 0 Å². The minimum absolute atomic E-state index is 0.0330. The molecule has 1 heterocycles. The van der Waals surface area contributed by atoms with Crippen molar-refractivity contribution >= 4 is 21.7 Å². The molecule has 2 rings (SSSR count). The molecule has 1 aromatic carbocycles. The summed E-state index contributed by atoms with van der Waals surface area (Å²) in [4.78, 5) is 15.4. The molecular formula is C12H5BrF3NO. The zero-order valence-corrected chi connectivity index (χ0v) is 10.3. The van der Waals surface area contributed by atoms with Gasteiger partial charge >= 0.3 is 0 Å². The molecule has 6 heteroatoms. The Hall–Kier alpha value is -1.69. The molecule has 2 aromatic rings. The number of hydrogen-bond donors (Lipinski definition) is 0. The summed E-state index contributed by atoms with van der Waals surface area (Å²) in [7, 11) is 0. The number of benzene rings is 1. The summed E-state index contributed by atoms with van der Waals surface area (Å²) in [6, 6.07) is 4.18. The van der Waals surface area contributed by atoms with Crippen LogP contribution in [0.4, 0.5) is 13.2 Å². The first kappa shape index (κ1) is 12.8. The number of pyridine rings is 1. The van der Waals surface area contributed by atoms with Gasteiger partial charge in [-0.1, -0.05) is 0 Å². The average Bonchev–Trinajstić information content (AvgIpc) is 2.35. The lowest BCUT2D eigenvalue weighted by atomic mass is 10.1. The molecule has 1 aromatic heterocycles. The number of carbonyl (C=O) groups excluding carboxylic acids is 1. The van der Waals surface area contributed by atoms with Gasteiger partial charge < -0.3 is 0 Å². The molecule has 0 atom stereocenters. The third-order valence-corrected chi connectivity index (χ3v) is 2.84. The van der Waals surface area contributed by atoms with Gasteiger partial charge in [0, 0.05) is 0 Å². The molecular weight excluding hydrogens is 311 g/mol. The average molecular weight is 316 g/mol. The van der Waals surface area contributed by atoms with Crippen LogP contribution in [0.15, 0.2) is 34.9 Å². The van der Waals surface area contributed by atoms with E-state index in [0.717, 1.165) is 30.5 Å². The molecule has 2 nitrogen and oxygen atoms in total. The van der Waals surface area contributed by atoms with Crippen LogP contribution in [0.2, 0.25) is 0 Å². The Kier molecular flexibility index (Phi) is 3.47. The molecule has 92 valence electrons. The van der Waals surface area contributed by atoms with Gasteiger partial charge in [-0.25, -0.2) is 18.2 Å². The summed E-state index contributed by atoms with van der Waals surface area (Å²) < 4.78 is 39.7. The van der Waals surface area contributed by atoms with Gasteiger partial charge in [0.25, 0.3) is 0 Å². The second-order valence-corrected chi connectivity index (χ2v) is 4.26. The van der Waals surface area contributed by atoms with Gasteiger partial charge in [0.05, 0.1) is 16.2 Å². The van der Waals surface area contributed by atoms with Crippen LogP contribution < -0.4 is 0 Å². The van der Waals surface area contributed by atoms with E-state index in [2.05, 4.69) is 20.9 Å². The van der Waals surface area contributed by atoms with Crippen LogP contribution in [-0.4, -0.2) is 10.8 Å². The Balaban J connectivity index is 2.52. The summed E-state index contributed by atoms with van der Waals surface area (Å²) in [6.07, 6.45) is 0.807. The monoisotopic (exact) mass is 315 g/mol. The second-order valence-electron chi connectivity index (χ2n) is 3.41. The number of nitrogens with zero attached hydrogens (tertiary/aromatic N) is 1. The lowest BCUT2D eigenvalue weighted by Crippen LogP contribution is -2.09. The molecule has 0 saturated carbocycles. The van der Waals surface area contributed by atoms with E-state index in [4.69, 9.17) is 0 Å². The minimum Gasteiger partial charge on any atom is -0.287 e. The summed E-state index contributed by atoms with van der Waals surface area (Å²) in [5, 5.41) is 0. The fourth-order valence-electron chi connectivity index (χ4n) is 1.37. The highest BCUT2D eigenvalue weighted by Gasteiger charge is 2.21. The van der Waals surface area contributed by atoms with Crippen LogP contribution in [0.3, 0.4) is 0 Å². The fraction of sp³-hybridized carbons (Fsp3) is 0. The van der Waals surface area contributed by atoms with Crippen LogP contribution in [0.25, 0.3) is 0 Å². The molecule has 0 aliphatic carbocycles. The Morgan fingerprint density at radius 3 is 2.44 bits per heavy atom. The molecule has 0 bridgehead atoms. The van der Waals surface area contributed by atoms with Gasteiger partial charge in [0.2, 0.25) is 5.78 Å². The van der Waals surface area contributed by atoms with Gasteiger partial charge in [0.1, 0.15) is 17.3 Å². The highest BCUT2D eigenvalue weighted by Crippen LogP contribution is 2.23. The van der Waals surface area contributed by atoms with Crippen LogP contribution in [0, 0.1) is 17.5 Å². The lowest BCUT2D eigenvalue weighted by molar-refractivity contribution is 0.102. The van der Waals surface area contributed by atoms with Crippen LogP contribution in [0.1, 0.15) is 16.1 Å². The van der Waals surface area contributed by atoms with Gasteiger partial charge in [-0.2, -0.15) is 0 Å². The van der Waals surface area contributed by atoms with E-state index >= 15 is 0 Å². The van der Waals surface area contributed by atoms with E-state index < -0.39 is 28.8 Å². The van der Waals surface area contributed by atoms with Crippen molar-refractivity contribution in [1.82, 2.24) is 4.98 Å². The van der Waals surface area contributed by atoms with E-state index in [1.54, 1.807) is 0 Å². The molecule has 18 heavy (non-hydrogen) atoms. The molecule has 0 amide bonds. The van der Waals surface area contributed by atoms with Crippen LogP contribution >= 0.6 is 15.9 Å². The van der Waals surface area contributed by atoms with Gasteiger partial charge in [0.15, 0.2) is 5.82 Å². The normalized spacial score (nSPS) is 10.4. The molecule has 0 aliphatic rings. The van der Waals surface area contributed by atoms with E-state index in [1.165, 1.54) is 0 Å². The first-order chi connectivity index (χ1) is 8.50. The van der Waals surface area contributed by atoms with E-state index in [-0.39, 0.29) is 10.2 Å². The predicted octanol–water partition coefficient (Wildman–Crippen LogP) is 3.49. The number of carbonyl (C=O) groups is 1. The van der Waals surface area contributed by atoms with Gasteiger partial charge in [-0.15, -0.1) is 0 Å². The third-order valence-electron chi connectivity index (χ3n) is 2.23. The molecule has 0 radical (unpaired) electrons. The number of aromatic nitrogens is 1. The molecule has 0 saturated heterocycles. The van der Waals surface area contributed by atoms with Crippen molar-refractivity contribution < 1.29 is 18.0 Å². The third kappa shape index (κ3) is 2.28. The highest BCUT2D eigenvalue weighted by molar-refractivity contribution is 9.10. The summed E-state index contributed by atoms with van der Waals surface area (Å²) in [5.74, 6) is -3.58. The van der Waals surface area contributed by atoms with Crippen LogP contribution in [-0.2, 0) is 0 Å². The minimum atomic E-state index is -1.01. The van der Waals surface area contributed by atoms with Crippen LogP contribution in [0.5, 0.6) is 0 Å². The largest absolute Gasteiger partial charge is 0.287 e. The summed E-state index contributed by atoms with van der Waals surface area (Å²) >= 11 is 2.86. The Morgan fingerprint density at radius 1 is 1.11 bits per heavy atom. The molecule has 0 fully saturated rings. The van der Waals surface area contributed by atoms with Crippen molar-refractivity contribution in [3.8, 4) is 0 Å². The summed E-state index contributed by atoms with van der Waals surface area (Å²) in [6.45, 7) is 0. The van der Waals surface area contributed by atoms with Crippen molar-refractivity contribution in [3.05, 3.63) is 63.6 Å². The molecule has 0 spiro atoms. The van der Waals surface area contributed by atoms with Crippen molar-refractivity contribution in [2.75, 3.05) is 0 Å². The number of rotatable bonds is 2. The quantitative estimate of drug-likeness (QED) is 0.627. The number of ketones is 1. The number of hydrogen-bond acceptors (Lipinski definition) is 2. The Bertz CT molecular complexity index is 613. The zero-order valence-electron chi connectivity index (χ0n) is 8.75. The summed E-state index contributed by atoms with van der Waals surface area (Å²) in [5.41, 5.74) is -0.948. The van der Waals surface area contributed by atoms with Crippen molar-refractivity contribution in [2.45, 2.75) is 0 Å². The fourth-order valence-corrected chi connectivity index (χ4v) is 1.70. The highest BCUT2D eigenvalue weighted by atomic mass is 79.9.